The van der Waals surface area contributed by atoms with Crippen molar-refractivity contribution in [2.45, 2.75) is 180 Å². The maximum absolute atomic E-state index is 14.6. The zero-order valence-corrected chi connectivity index (χ0v) is 49.9. The number of carbonyl (C=O) groups is 1. The Labute approximate surface area is 446 Å². The van der Waals surface area contributed by atoms with Gasteiger partial charge in [-0.05, 0) is 88.1 Å². The first kappa shape index (κ1) is 60.7. The molecule has 0 saturated carbocycles. The third-order valence-corrected chi connectivity index (χ3v) is 26.6. The van der Waals surface area contributed by atoms with E-state index in [2.05, 4.69) is 25.9 Å². The molecule has 0 bridgehead atoms. The Morgan fingerprint density at radius 3 is 1.91 bits per heavy atom. The van der Waals surface area contributed by atoms with Crippen LogP contribution in [0, 0.1) is 13.8 Å². The average molecular weight is 1140 g/mol. The van der Waals surface area contributed by atoms with Crippen LogP contribution in [0.1, 0.15) is 97.7 Å². The summed E-state index contributed by atoms with van der Waals surface area (Å²) in [7, 11) is -12.6. The van der Waals surface area contributed by atoms with Gasteiger partial charge >= 0.3 is 25.1 Å². The molecule has 1 fully saturated rings. The number of esters is 1. The molecule has 22 nitrogen and oxygen atoms in total. The molecule has 6 rings (SSSR count). The SMILES string of the molecule is COC(=O)C(C)NP(=O)(OCC1C=CC(n2cc(C)c(=O)n(CCCCCCn3c(=O)c(C)cn(C4OC(CO[Si](C)(C)C(C)(C)C)C5(OS(=O)(=O)C=C5N)C4O[Si](C)(C)C(C)(C)C)c3=O)c2=O)O1)Oc1ccccc1. The van der Waals surface area contributed by atoms with Gasteiger partial charge < -0.3 is 33.3 Å². The molecule has 1 aromatic carbocycles. The van der Waals surface area contributed by atoms with Crippen molar-refractivity contribution in [2.75, 3.05) is 20.3 Å². The van der Waals surface area contributed by atoms with Crippen LogP contribution < -0.4 is 37.8 Å². The number of aryl methyl sites for hydroxylation is 2. The molecule has 3 aliphatic rings. The van der Waals surface area contributed by atoms with Gasteiger partial charge in [-0.3, -0.25) is 37.2 Å². The first-order valence-electron chi connectivity index (χ1n) is 25.4. The number of nitrogens with zero attached hydrogens (tertiary/aromatic N) is 4. The number of aromatic nitrogens is 4. The largest absolute Gasteiger partial charge is 0.468 e. The van der Waals surface area contributed by atoms with Crippen molar-refractivity contribution in [1.29, 1.82) is 0 Å². The number of rotatable bonds is 22. The lowest BCUT2D eigenvalue weighted by Gasteiger charge is -2.43. The van der Waals surface area contributed by atoms with Gasteiger partial charge in [0.1, 0.15) is 30.1 Å². The van der Waals surface area contributed by atoms with E-state index < -0.39 is 110 Å². The molecule has 3 aromatic rings. The predicted molar refractivity (Wildman–Crippen MR) is 290 cm³/mol. The average Bonchev–Trinajstić information content (AvgIpc) is 3.99. The van der Waals surface area contributed by atoms with Crippen LogP contribution in [0.15, 0.2) is 85.2 Å². The monoisotopic (exact) mass is 1140 g/mol. The molecule has 0 aliphatic carbocycles. The Morgan fingerprint density at radius 2 is 1.38 bits per heavy atom. The van der Waals surface area contributed by atoms with Crippen LogP contribution in [0.3, 0.4) is 0 Å². The second-order valence-corrected chi connectivity index (χ2v) is 35.3. The Hall–Kier alpha value is -4.54. The number of hydrogen-bond acceptors (Lipinski definition) is 17. The molecule has 1 saturated heterocycles. The van der Waals surface area contributed by atoms with E-state index in [1.54, 1.807) is 56.3 Å². The molecular weight excluding hydrogens is 1060 g/mol. The van der Waals surface area contributed by atoms with Gasteiger partial charge in [-0.1, -0.05) is 78.7 Å². The summed E-state index contributed by atoms with van der Waals surface area (Å²) in [6.45, 7) is 24.6. The van der Waals surface area contributed by atoms with Crippen LogP contribution in [-0.2, 0) is 64.3 Å². The van der Waals surface area contributed by atoms with Crippen LogP contribution in [-0.4, -0.2) is 99.6 Å². The fraction of sp³-hybridized carbons (Fsp3) is 0.620. The van der Waals surface area contributed by atoms with Crippen molar-refractivity contribution < 1.29 is 54.1 Å². The maximum Gasteiger partial charge on any atom is 0.459 e. The summed E-state index contributed by atoms with van der Waals surface area (Å²) in [6.07, 6.45) is 2.38. The van der Waals surface area contributed by atoms with E-state index in [0.717, 1.165) is 14.5 Å². The van der Waals surface area contributed by atoms with Crippen LogP contribution in [0.5, 0.6) is 5.75 Å². The van der Waals surface area contributed by atoms with Gasteiger partial charge in [0, 0.05) is 36.6 Å². The highest BCUT2D eigenvalue weighted by Crippen LogP contribution is 2.52. The smallest absolute Gasteiger partial charge is 0.459 e. The number of hydrogen-bond donors (Lipinski definition) is 2. The van der Waals surface area contributed by atoms with Crippen molar-refractivity contribution in [3.05, 3.63) is 119 Å². The molecule has 26 heteroatoms. The van der Waals surface area contributed by atoms with Crippen LogP contribution >= 0.6 is 7.75 Å². The normalized spacial score (nSPS) is 23.9. The number of nitrogens with two attached hydrogens (primary N) is 1. The minimum atomic E-state index is -4.33. The van der Waals surface area contributed by atoms with E-state index in [-0.39, 0.29) is 53.9 Å². The summed E-state index contributed by atoms with van der Waals surface area (Å²) >= 11 is 0. The van der Waals surface area contributed by atoms with Crippen molar-refractivity contribution in [3.63, 3.8) is 0 Å². The zero-order valence-electron chi connectivity index (χ0n) is 46.1. The highest BCUT2D eigenvalue weighted by atomic mass is 32.2. The van der Waals surface area contributed by atoms with Gasteiger partial charge in [0.05, 0.1) is 31.4 Å². The standard InChI is InChI=1S/C50H77N6O16PSSi2/c1-33-28-55(40-25-24-37(68-40)30-66-73(62,52-35(3)45(59)65-10)70-36-22-18-17-19-23-36)46(60)53(42(33)57)26-20-15-16-21-27-54-43(58)34(2)29-56(47(54)61)44-41(71-76(13,14)49(7,8)9)50(38(51)32-74(63,64)72-50)39(69-44)31-67-75(11,12)48(4,5)6/h17-19,22-25,28-29,32,35,37,39-41,44H,15-16,20-21,26-27,30-31,51H2,1-14H3,(H,52,62). The Morgan fingerprint density at radius 1 is 0.829 bits per heavy atom. The summed E-state index contributed by atoms with van der Waals surface area (Å²) < 4.78 is 93.9. The zero-order chi connectivity index (χ0) is 56.6. The van der Waals surface area contributed by atoms with Crippen LogP contribution in [0.4, 0.5) is 0 Å². The van der Waals surface area contributed by atoms with Gasteiger partial charge in [0.15, 0.2) is 34.7 Å². The van der Waals surface area contributed by atoms with E-state index >= 15 is 0 Å². The highest BCUT2D eigenvalue weighted by Gasteiger charge is 2.67. The van der Waals surface area contributed by atoms with E-state index in [4.69, 9.17) is 42.0 Å². The van der Waals surface area contributed by atoms with Gasteiger partial charge in [-0.15, -0.1) is 0 Å². The quantitative estimate of drug-likeness (QED) is 0.0282. The summed E-state index contributed by atoms with van der Waals surface area (Å²) in [4.78, 5) is 67.8. The molecule has 3 N–H and O–H groups in total. The Balaban J connectivity index is 1.15. The summed E-state index contributed by atoms with van der Waals surface area (Å²) in [6, 6.07) is 7.20. The molecule has 3 aliphatic heterocycles. The number of para-hydroxylation sites is 1. The first-order valence-corrected chi connectivity index (χ1v) is 34.2. The number of nitrogens with one attached hydrogen (secondary N) is 1. The first-order chi connectivity index (χ1) is 35.2. The fourth-order valence-electron chi connectivity index (χ4n) is 8.47. The summed E-state index contributed by atoms with van der Waals surface area (Å²) in [5.74, 6) is -0.466. The lowest BCUT2D eigenvalue weighted by atomic mass is 9.89. The van der Waals surface area contributed by atoms with Gasteiger partial charge in [0.25, 0.3) is 21.2 Å². The van der Waals surface area contributed by atoms with Crippen molar-refractivity contribution >= 4 is 40.5 Å². The Bertz CT molecular complexity index is 3090. The van der Waals surface area contributed by atoms with Crippen molar-refractivity contribution in [3.8, 4) is 5.75 Å². The number of ether oxygens (including phenoxy) is 3. The highest BCUT2D eigenvalue weighted by molar-refractivity contribution is 7.90. The number of unbranched alkanes of at least 4 members (excludes halogenated alkanes) is 3. The van der Waals surface area contributed by atoms with Crippen LogP contribution in [0.2, 0.25) is 36.3 Å². The van der Waals surface area contributed by atoms with Gasteiger partial charge in [-0.2, -0.15) is 13.5 Å². The molecule has 1 spiro atoms. The predicted octanol–water partition coefficient (Wildman–Crippen LogP) is 6.23. The minimum absolute atomic E-state index is 0.0113. The summed E-state index contributed by atoms with van der Waals surface area (Å²) in [5, 5.41) is 2.83. The van der Waals surface area contributed by atoms with E-state index in [9.17, 15) is 37.0 Å². The Kier molecular flexibility index (Phi) is 18.4. The molecular formula is C50H77N6O16PSSi2. The van der Waals surface area contributed by atoms with Crippen LogP contribution in [0.25, 0.3) is 0 Å². The van der Waals surface area contributed by atoms with Gasteiger partial charge in [-0.25, -0.2) is 18.3 Å². The van der Waals surface area contributed by atoms with Crippen molar-refractivity contribution in [2.24, 2.45) is 5.73 Å². The van der Waals surface area contributed by atoms with Gasteiger partial charge in [0.2, 0.25) is 0 Å². The number of carbonyl (C=O) groups excluding carboxylic acids is 1. The molecule has 0 amide bonds. The van der Waals surface area contributed by atoms with E-state index in [1.807, 2.05) is 47.0 Å². The maximum atomic E-state index is 14.6. The van der Waals surface area contributed by atoms with E-state index in [0.29, 0.717) is 25.7 Å². The minimum Gasteiger partial charge on any atom is -0.468 e. The molecule has 0 radical (unpaired) electrons. The summed E-state index contributed by atoms with van der Waals surface area (Å²) in [5.41, 5.74) is 2.80. The molecule has 76 heavy (non-hydrogen) atoms. The topological polar surface area (TPSA) is 268 Å². The van der Waals surface area contributed by atoms with Crippen molar-refractivity contribution in [1.82, 2.24) is 23.4 Å². The molecule has 5 heterocycles. The lowest BCUT2D eigenvalue weighted by Crippen LogP contribution is -2.59. The second-order valence-electron chi connectivity index (χ2n) is 22.7. The number of methoxy groups -OCH3 is 1. The lowest BCUT2D eigenvalue weighted by molar-refractivity contribution is -0.142. The molecule has 422 valence electrons. The molecule has 8 atom stereocenters. The molecule has 8 unspecified atom stereocenters. The van der Waals surface area contributed by atoms with E-state index in [1.165, 1.54) is 35.6 Å². The second kappa shape index (κ2) is 23.0. The third kappa shape index (κ3) is 13.1. The molecule has 2 aromatic heterocycles. The fourth-order valence-corrected chi connectivity index (χ4v) is 13.5. The third-order valence-electron chi connectivity index (χ3n) is 15.0. The number of benzene rings is 1.